The van der Waals surface area contributed by atoms with Gasteiger partial charge in [0, 0.05) is 6.26 Å². The van der Waals surface area contributed by atoms with Gasteiger partial charge in [-0.3, -0.25) is 4.79 Å². The van der Waals surface area contributed by atoms with E-state index in [-0.39, 0.29) is 9.92 Å². The van der Waals surface area contributed by atoms with Gasteiger partial charge in [0.2, 0.25) is 15.9 Å². The van der Waals surface area contributed by atoms with Crippen LogP contribution in [0, 0.1) is 0 Å². The first-order valence-electron chi connectivity index (χ1n) is 4.81. The zero-order chi connectivity index (χ0) is 14.8. The second-order valence-electron chi connectivity index (χ2n) is 3.66. The van der Waals surface area contributed by atoms with Gasteiger partial charge < -0.3 is 5.73 Å². The first-order valence-corrected chi connectivity index (χ1v) is 8.57. The van der Waals surface area contributed by atoms with Gasteiger partial charge in [0.25, 0.3) is 0 Å². The van der Waals surface area contributed by atoms with Crippen molar-refractivity contribution in [3.8, 4) is 0 Å². The van der Waals surface area contributed by atoms with Crippen LogP contribution in [0.5, 0.6) is 0 Å². The molecule has 0 saturated heterocycles. The molecule has 1 aromatic carbocycles. The minimum Gasteiger partial charge on any atom is -0.369 e. The van der Waals surface area contributed by atoms with E-state index < -0.39 is 37.2 Å². The normalized spacial score (nSPS) is 12.3. The van der Waals surface area contributed by atoms with E-state index in [1.807, 2.05) is 4.72 Å². The van der Waals surface area contributed by atoms with Crippen LogP contribution in [0.15, 0.2) is 28.0 Å². The third kappa shape index (κ3) is 4.16. The van der Waals surface area contributed by atoms with Crippen LogP contribution in [0.2, 0.25) is 5.02 Å². The molecule has 106 valence electrons. The summed E-state index contributed by atoms with van der Waals surface area (Å²) in [5.41, 5.74) is 4.82. The Balaban J connectivity index is 3.30. The monoisotopic (exact) mass is 326 g/mol. The van der Waals surface area contributed by atoms with Crippen molar-refractivity contribution in [2.24, 2.45) is 5.73 Å². The van der Waals surface area contributed by atoms with Crippen LogP contribution >= 0.6 is 11.6 Å². The molecule has 10 heteroatoms. The number of benzene rings is 1. The van der Waals surface area contributed by atoms with Crippen molar-refractivity contribution in [1.29, 1.82) is 0 Å². The van der Waals surface area contributed by atoms with Crippen molar-refractivity contribution in [2.45, 2.75) is 9.79 Å². The highest BCUT2D eigenvalue weighted by atomic mass is 35.5. The van der Waals surface area contributed by atoms with Gasteiger partial charge in [0.15, 0.2) is 9.84 Å². The Morgan fingerprint density at radius 3 is 2.37 bits per heavy atom. The standard InChI is InChI=1S/C9H11ClN2O5S2/c1-18(14,15)6-2-3-7(10)8(4-6)19(16,17)12-5-9(11)13/h2-4,12H,5H2,1H3,(H2,11,13). The topological polar surface area (TPSA) is 123 Å². The average molecular weight is 327 g/mol. The minimum absolute atomic E-state index is 0.163. The van der Waals surface area contributed by atoms with Gasteiger partial charge in [0.1, 0.15) is 4.90 Å². The quantitative estimate of drug-likeness (QED) is 0.755. The number of sulfone groups is 1. The summed E-state index contributed by atoms with van der Waals surface area (Å²) in [5, 5.41) is -0.163. The van der Waals surface area contributed by atoms with Gasteiger partial charge in [0.05, 0.1) is 16.5 Å². The fraction of sp³-hybridized carbons (Fsp3) is 0.222. The number of amides is 1. The van der Waals surface area contributed by atoms with Gasteiger partial charge in [-0.1, -0.05) is 11.6 Å². The zero-order valence-electron chi connectivity index (χ0n) is 9.75. The van der Waals surface area contributed by atoms with E-state index in [9.17, 15) is 21.6 Å². The number of nitrogens with one attached hydrogen (secondary N) is 1. The molecular formula is C9H11ClN2O5S2. The number of carbonyl (C=O) groups is 1. The number of hydrogen-bond donors (Lipinski definition) is 2. The summed E-state index contributed by atoms with van der Waals surface area (Å²) in [4.78, 5) is 9.92. The molecule has 0 aliphatic heterocycles. The molecule has 0 spiro atoms. The molecule has 1 aromatic rings. The fourth-order valence-electron chi connectivity index (χ4n) is 1.16. The summed E-state index contributed by atoms with van der Waals surface area (Å²) in [6, 6.07) is 3.25. The van der Waals surface area contributed by atoms with Crippen LogP contribution in [0.3, 0.4) is 0 Å². The second kappa shape index (κ2) is 5.45. The zero-order valence-corrected chi connectivity index (χ0v) is 12.1. The largest absolute Gasteiger partial charge is 0.369 e. The average Bonchev–Trinajstić information content (AvgIpc) is 2.25. The van der Waals surface area contributed by atoms with Crippen molar-refractivity contribution in [3.05, 3.63) is 23.2 Å². The highest BCUT2D eigenvalue weighted by Gasteiger charge is 2.21. The molecule has 1 amide bonds. The Morgan fingerprint density at radius 1 is 1.32 bits per heavy atom. The van der Waals surface area contributed by atoms with Crippen LogP contribution in [0.1, 0.15) is 0 Å². The first-order chi connectivity index (χ1) is 8.54. The van der Waals surface area contributed by atoms with E-state index >= 15 is 0 Å². The lowest BCUT2D eigenvalue weighted by Crippen LogP contribution is -2.33. The molecule has 0 aliphatic rings. The molecule has 0 unspecified atom stereocenters. The summed E-state index contributed by atoms with van der Waals surface area (Å²) >= 11 is 5.72. The predicted molar refractivity (Wildman–Crippen MR) is 68.9 cm³/mol. The number of primary amides is 1. The van der Waals surface area contributed by atoms with Crippen LogP contribution in [-0.4, -0.2) is 35.5 Å². The number of rotatable bonds is 5. The molecular weight excluding hydrogens is 316 g/mol. The Bertz CT molecular complexity index is 712. The molecule has 0 heterocycles. The van der Waals surface area contributed by atoms with Crippen molar-refractivity contribution in [2.75, 3.05) is 12.8 Å². The van der Waals surface area contributed by atoms with E-state index in [0.717, 1.165) is 18.4 Å². The lowest BCUT2D eigenvalue weighted by atomic mass is 10.4. The number of sulfonamides is 1. The Kier molecular flexibility index (Phi) is 4.56. The number of halogens is 1. The summed E-state index contributed by atoms with van der Waals surface area (Å²) in [5.74, 6) is -0.876. The highest BCUT2D eigenvalue weighted by molar-refractivity contribution is 7.91. The molecule has 0 radical (unpaired) electrons. The van der Waals surface area contributed by atoms with E-state index in [1.54, 1.807) is 0 Å². The predicted octanol–water partition coefficient (Wildman–Crippen LogP) is -0.493. The van der Waals surface area contributed by atoms with Crippen molar-refractivity contribution in [1.82, 2.24) is 4.72 Å². The Labute approximate surface area is 115 Å². The van der Waals surface area contributed by atoms with Crippen LogP contribution in [-0.2, 0) is 24.7 Å². The minimum atomic E-state index is -4.12. The highest BCUT2D eigenvalue weighted by Crippen LogP contribution is 2.24. The molecule has 1 rings (SSSR count). The van der Waals surface area contributed by atoms with E-state index in [2.05, 4.69) is 0 Å². The number of carbonyl (C=O) groups excluding carboxylic acids is 1. The van der Waals surface area contributed by atoms with Crippen molar-refractivity contribution in [3.63, 3.8) is 0 Å². The lowest BCUT2D eigenvalue weighted by Gasteiger charge is -2.08. The smallest absolute Gasteiger partial charge is 0.242 e. The Morgan fingerprint density at radius 2 is 1.89 bits per heavy atom. The van der Waals surface area contributed by atoms with E-state index in [4.69, 9.17) is 17.3 Å². The molecule has 7 nitrogen and oxygen atoms in total. The lowest BCUT2D eigenvalue weighted by molar-refractivity contribution is -0.116. The molecule has 0 atom stereocenters. The van der Waals surface area contributed by atoms with Crippen molar-refractivity contribution < 1.29 is 21.6 Å². The number of nitrogens with two attached hydrogens (primary N) is 1. The maximum Gasteiger partial charge on any atom is 0.242 e. The molecule has 0 fully saturated rings. The molecule has 0 aromatic heterocycles. The molecule has 3 N–H and O–H groups in total. The summed E-state index contributed by atoms with van der Waals surface area (Å²) in [7, 11) is -7.69. The first kappa shape index (κ1) is 15.9. The maximum atomic E-state index is 11.8. The van der Waals surface area contributed by atoms with Crippen LogP contribution < -0.4 is 10.5 Å². The maximum absolute atomic E-state index is 11.8. The molecule has 0 saturated carbocycles. The van der Waals surface area contributed by atoms with Crippen LogP contribution in [0.25, 0.3) is 0 Å². The van der Waals surface area contributed by atoms with Crippen LogP contribution in [0.4, 0.5) is 0 Å². The SMILES string of the molecule is CS(=O)(=O)c1ccc(Cl)c(S(=O)(=O)NCC(N)=O)c1. The van der Waals surface area contributed by atoms with Gasteiger partial charge >= 0.3 is 0 Å². The third-order valence-corrected chi connectivity index (χ3v) is 5.05. The van der Waals surface area contributed by atoms with Gasteiger partial charge in [-0.25, -0.2) is 21.6 Å². The third-order valence-electron chi connectivity index (χ3n) is 2.06. The summed E-state index contributed by atoms with van der Waals surface area (Å²) in [6.45, 7) is -0.609. The number of hydrogen-bond acceptors (Lipinski definition) is 5. The molecule has 0 aliphatic carbocycles. The molecule has 19 heavy (non-hydrogen) atoms. The van der Waals surface area contributed by atoms with Gasteiger partial charge in [-0.15, -0.1) is 0 Å². The van der Waals surface area contributed by atoms with Gasteiger partial charge in [-0.05, 0) is 18.2 Å². The van der Waals surface area contributed by atoms with E-state index in [1.165, 1.54) is 6.07 Å². The van der Waals surface area contributed by atoms with E-state index in [0.29, 0.717) is 0 Å². The molecule has 0 bridgehead atoms. The Hall–Kier alpha value is -1.16. The second-order valence-corrected chi connectivity index (χ2v) is 7.81. The fourth-order valence-corrected chi connectivity index (χ4v) is 3.40. The summed E-state index contributed by atoms with van der Waals surface area (Å²) < 4.78 is 48.3. The summed E-state index contributed by atoms with van der Waals surface area (Å²) in [6.07, 6.45) is 0.934. The van der Waals surface area contributed by atoms with Crippen molar-refractivity contribution >= 4 is 37.4 Å². The van der Waals surface area contributed by atoms with Gasteiger partial charge in [-0.2, -0.15) is 0 Å².